The predicted octanol–water partition coefficient (Wildman–Crippen LogP) is 3.45. The fraction of sp³-hybridized carbons (Fsp3) is 0.278. The lowest BCUT2D eigenvalue weighted by Crippen LogP contribution is -2.17. The molecule has 4 nitrogen and oxygen atoms in total. The van der Waals surface area contributed by atoms with Crippen LogP contribution in [0.4, 0.5) is 0 Å². The predicted molar refractivity (Wildman–Crippen MR) is 89.2 cm³/mol. The Bertz CT molecular complexity index is 665. The number of hydrogen-bond acceptors (Lipinski definition) is 3. The molecular formula is C18H21N3O. The molecule has 0 spiro atoms. The van der Waals surface area contributed by atoms with Crippen LogP contribution in [-0.2, 0) is 5.41 Å². The number of nitrogens with one attached hydrogen (secondary N) is 1. The summed E-state index contributed by atoms with van der Waals surface area (Å²) in [6.45, 7) is 8.39. The smallest absolute Gasteiger partial charge is 0.267 e. The molecule has 0 aliphatic heterocycles. The molecule has 1 aromatic heterocycles. The summed E-state index contributed by atoms with van der Waals surface area (Å²) in [5, 5.41) is 3.98. The van der Waals surface area contributed by atoms with Crippen molar-refractivity contribution in [3.63, 3.8) is 0 Å². The number of rotatable bonds is 3. The summed E-state index contributed by atoms with van der Waals surface area (Å²) in [4.78, 5) is 16.0. The van der Waals surface area contributed by atoms with Gasteiger partial charge in [-0.25, -0.2) is 5.43 Å². The fourth-order valence-electron chi connectivity index (χ4n) is 1.90. The zero-order valence-electron chi connectivity index (χ0n) is 13.4. The van der Waals surface area contributed by atoms with E-state index in [0.717, 1.165) is 11.3 Å². The lowest BCUT2D eigenvalue weighted by molar-refractivity contribution is 0.0955. The number of carbonyl (C=O) groups excluding carboxylic acids is 1. The largest absolute Gasteiger partial charge is 0.272 e. The molecule has 0 bridgehead atoms. The van der Waals surface area contributed by atoms with E-state index < -0.39 is 0 Å². The zero-order chi connectivity index (χ0) is 16.2. The van der Waals surface area contributed by atoms with Gasteiger partial charge in [-0.2, -0.15) is 5.10 Å². The fourth-order valence-corrected chi connectivity index (χ4v) is 1.90. The van der Waals surface area contributed by atoms with Gasteiger partial charge in [0.2, 0.25) is 0 Å². The van der Waals surface area contributed by atoms with Gasteiger partial charge < -0.3 is 0 Å². The van der Waals surface area contributed by atoms with Crippen LogP contribution in [0.15, 0.2) is 47.7 Å². The number of aromatic nitrogens is 1. The lowest BCUT2D eigenvalue weighted by Gasteiger charge is -2.18. The molecule has 4 heteroatoms. The zero-order valence-corrected chi connectivity index (χ0v) is 13.4. The maximum atomic E-state index is 11.9. The molecule has 0 aliphatic rings. The molecule has 0 radical (unpaired) electrons. The van der Waals surface area contributed by atoms with E-state index in [-0.39, 0.29) is 11.3 Å². The van der Waals surface area contributed by atoms with Crippen molar-refractivity contribution >= 4 is 12.1 Å². The molecule has 1 N–H and O–H groups in total. The molecule has 1 aromatic carbocycles. The minimum atomic E-state index is -0.268. The maximum Gasteiger partial charge on any atom is 0.272 e. The monoisotopic (exact) mass is 295 g/mol. The molecule has 0 saturated heterocycles. The number of aryl methyl sites for hydroxylation is 1. The summed E-state index contributed by atoms with van der Waals surface area (Å²) in [5.41, 5.74) is 6.20. The lowest BCUT2D eigenvalue weighted by atomic mass is 9.87. The summed E-state index contributed by atoms with van der Waals surface area (Å²) >= 11 is 0. The molecule has 22 heavy (non-hydrogen) atoms. The summed E-state index contributed by atoms with van der Waals surface area (Å²) in [6, 6.07) is 11.7. The van der Waals surface area contributed by atoms with Gasteiger partial charge in [0, 0.05) is 11.9 Å². The molecule has 0 atom stereocenters. The Hall–Kier alpha value is -2.49. The summed E-state index contributed by atoms with van der Waals surface area (Å²) in [5.74, 6) is -0.268. The molecule has 1 heterocycles. The Morgan fingerprint density at radius 2 is 1.82 bits per heavy atom. The third kappa shape index (κ3) is 4.25. The third-order valence-electron chi connectivity index (χ3n) is 3.33. The molecule has 2 aromatic rings. The van der Waals surface area contributed by atoms with Crippen molar-refractivity contribution < 1.29 is 4.79 Å². The van der Waals surface area contributed by atoms with E-state index in [9.17, 15) is 4.79 Å². The van der Waals surface area contributed by atoms with Crippen LogP contribution >= 0.6 is 0 Å². The molecule has 0 fully saturated rings. The van der Waals surface area contributed by atoms with E-state index in [0.29, 0.717) is 5.56 Å². The first kappa shape index (κ1) is 15.9. The average molecular weight is 295 g/mol. The summed E-state index contributed by atoms with van der Waals surface area (Å²) in [6.07, 6.45) is 3.17. The summed E-state index contributed by atoms with van der Waals surface area (Å²) in [7, 11) is 0. The first-order valence-electron chi connectivity index (χ1n) is 7.23. The van der Waals surface area contributed by atoms with E-state index >= 15 is 0 Å². The van der Waals surface area contributed by atoms with Gasteiger partial charge in [0.1, 0.15) is 0 Å². The normalized spacial score (nSPS) is 11.6. The second-order valence-corrected chi connectivity index (χ2v) is 6.26. The molecule has 0 unspecified atom stereocenters. The average Bonchev–Trinajstić information content (AvgIpc) is 2.47. The first-order valence-corrected chi connectivity index (χ1v) is 7.23. The summed E-state index contributed by atoms with van der Waals surface area (Å²) < 4.78 is 0. The number of amides is 1. The molecule has 1 amide bonds. The SMILES string of the molecule is Cc1ccc(C(=O)N/N=C\c2ccc(C(C)(C)C)cc2)cn1. The van der Waals surface area contributed by atoms with Gasteiger partial charge in [0.15, 0.2) is 0 Å². The van der Waals surface area contributed by atoms with Crippen LogP contribution in [-0.4, -0.2) is 17.1 Å². The highest BCUT2D eigenvalue weighted by Gasteiger charge is 2.12. The Morgan fingerprint density at radius 3 is 2.36 bits per heavy atom. The van der Waals surface area contributed by atoms with E-state index in [1.165, 1.54) is 11.8 Å². The Balaban J connectivity index is 1.97. The van der Waals surface area contributed by atoms with Crippen molar-refractivity contribution in [2.75, 3.05) is 0 Å². The van der Waals surface area contributed by atoms with Crippen molar-refractivity contribution in [2.45, 2.75) is 33.1 Å². The highest BCUT2D eigenvalue weighted by Crippen LogP contribution is 2.21. The van der Waals surface area contributed by atoms with Crippen LogP contribution < -0.4 is 5.43 Å². The number of hydrogen-bond donors (Lipinski definition) is 1. The van der Waals surface area contributed by atoms with E-state index in [1.54, 1.807) is 18.3 Å². The third-order valence-corrected chi connectivity index (χ3v) is 3.33. The molecule has 0 aliphatic carbocycles. The number of hydrazone groups is 1. The Morgan fingerprint density at radius 1 is 1.14 bits per heavy atom. The second-order valence-electron chi connectivity index (χ2n) is 6.26. The van der Waals surface area contributed by atoms with Crippen LogP contribution in [0.1, 0.15) is 48.0 Å². The van der Waals surface area contributed by atoms with Gasteiger partial charge >= 0.3 is 0 Å². The van der Waals surface area contributed by atoms with Crippen LogP contribution in [0.2, 0.25) is 0 Å². The maximum absolute atomic E-state index is 11.9. The van der Waals surface area contributed by atoms with Crippen LogP contribution in [0.25, 0.3) is 0 Å². The minimum Gasteiger partial charge on any atom is -0.267 e. The highest BCUT2D eigenvalue weighted by atomic mass is 16.2. The number of nitrogens with zero attached hydrogens (tertiary/aromatic N) is 2. The molecule has 2 rings (SSSR count). The molecule has 114 valence electrons. The van der Waals surface area contributed by atoms with Crippen LogP contribution in [0, 0.1) is 6.92 Å². The van der Waals surface area contributed by atoms with E-state index in [1.807, 2.05) is 19.1 Å². The van der Waals surface area contributed by atoms with E-state index in [4.69, 9.17) is 0 Å². The number of carbonyl (C=O) groups is 1. The van der Waals surface area contributed by atoms with Crippen molar-refractivity contribution in [1.29, 1.82) is 0 Å². The standard InChI is InChI=1S/C18H21N3O/c1-13-5-8-15(12-19-13)17(22)21-20-11-14-6-9-16(10-7-14)18(2,3)4/h5-12H,1-4H3,(H,21,22)/b20-11-. The van der Waals surface area contributed by atoms with Gasteiger partial charge in [-0.1, -0.05) is 45.0 Å². The Kier molecular flexibility index (Phi) is 4.71. The quantitative estimate of drug-likeness (QED) is 0.696. The Labute approximate surface area is 131 Å². The van der Waals surface area contributed by atoms with Crippen molar-refractivity contribution in [2.24, 2.45) is 5.10 Å². The molecular weight excluding hydrogens is 274 g/mol. The van der Waals surface area contributed by atoms with Crippen molar-refractivity contribution in [3.8, 4) is 0 Å². The van der Waals surface area contributed by atoms with Crippen molar-refractivity contribution in [3.05, 3.63) is 65.0 Å². The van der Waals surface area contributed by atoms with Crippen LogP contribution in [0.5, 0.6) is 0 Å². The van der Waals surface area contributed by atoms with Gasteiger partial charge in [0.25, 0.3) is 5.91 Å². The number of benzene rings is 1. The van der Waals surface area contributed by atoms with Gasteiger partial charge in [-0.05, 0) is 35.6 Å². The van der Waals surface area contributed by atoms with Gasteiger partial charge in [-0.3, -0.25) is 9.78 Å². The molecule has 0 saturated carbocycles. The second kappa shape index (κ2) is 6.52. The van der Waals surface area contributed by atoms with E-state index in [2.05, 4.69) is 48.4 Å². The topological polar surface area (TPSA) is 54.4 Å². The first-order chi connectivity index (χ1) is 10.4. The van der Waals surface area contributed by atoms with Gasteiger partial charge in [0.05, 0.1) is 11.8 Å². The number of pyridine rings is 1. The highest BCUT2D eigenvalue weighted by molar-refractivity contribution is 5.94. The van der Waals surface area contributed by atoms with Gasteiger partial charge in [-0.15, -0.1) is 0 Å². The minimum absolute atomic E-state index is 0.127. The van der Waals surface area contributed by atoms with Crippen LogP contribution in [0.3, 0.4) is 0 Å². The van der Waals surface area contributed by atoms with Crippen molar-refractivity contribution in [1.82, 2.24) is 10.4 Å².